The molecule has 0 aliphatic heterocycles. The van der Waals surface area contributed by atoms with E-state index in [1.54, 1.807) is 0 Å². The van der Waals surface area contributed by atoms with Gasteiger partial charge in [-0.3, -0.25) is 0 Å². The fourth-order valence-electron chi connectivity index (χ4n) is 1.92. The molecule has 1 nitrogen and oxygen atoms in total. The molecular weight excluding hydrogens is 160 g/mol. The molecule has 1 aliphatic rings. The molecule has 0 spiro atoms. The van der Waals surface area contributed by atoms with Crippen molar-refractivity contribution in [2.75, 3.05) is 0 Å². The Morgan fingerprint density at radius 2 is 2.38 bits per heavy atom. The molecular formula is C12H16O. The Morgan fingerprint density at radius 3 is 3.23 bits per heavy atom. The van der Waals surface area contributed by atoms with Gasteiger partial charge in [-0.2, -0.15) is 0 Å². The lowest BCUT2D eigenvalue weighted by Crippen LogP contribution is -1.97. The van der Waals surface area contributed by atoms with Gasteiger partial charge >= 0.3 is 0 Å². The number of furan rings is 1. The molecule has 0 saturated heterocycles. The number of rotatable bonds is 2. The maximum atomic E-state index is 5.43. The van der Waals surface area contributed by atoms with E-state index >= 15 is 0 Å². The second-order valence-electron chi connectivity index (χ2n) is 3.63. The summed E-state index contributed by atoms with van der Waals surface area (Å²) in [5, 5.41) is 0. The molecule has 0 saturated carbocycles. The van der Waals surface area contributed by atoms with Crippen molar-refractivity contribution in [2.45, 2.75) is 39.0 Å². The molecule has 0 fully saturated rings. The van der Waals surface area contributed by atoms with Crippen LogP contribution >= 0.6 is 0 Å². The van der Waals surface area contributed by atoms with Crippen molar-refractivity contribution in [3.05, 3.63) is 29.7 Å². The van der Waals surface area contributed by atoms with E-state index in [1.165, 1.54) is 42.6 Å². The largest absolute Gasteiger partial charge is 0.469 e. The van der Waals surface area contributed by atoms with Crippen LogP contribution in [0.5, 0.6) is 0 Å². The van der Waals surface area contributed by atoms with Crippen molar-refractivity contribution in [3.63, 3.8) is 0 Å². The maximum Gasteiger partial charge on any atom is 0.111 e. The van der Waals surface area contributed by atoms with E-state index in [1.807, 2.05) is 6.26 Å². The van der Waals surface area contributed by atoms with Gasteiger partial charge in [0, 0.05) is 12.0 Å². The van der Waals surface area contributed by atoms with Crippen LogP contribution in [0, 0.1) is 0 Å². The smallest absolute Gasteiger partial charge is 0.111 e. The summed E-state index contributed by atoms with van der Waals surface area (Å²) >= 11 is 0. The number of unbranched alkanes of at least 4 members (excludes halogenated alkanes) is 1. The van der Waals surface area contributed by atoms with E-state index in [4.69, 9.17) is 4.42 Å². The van der Waals surface area contributed by atoms with Gasteiger partial charge in [0.15, 0.2) is 0 Å². The van der Waals surface area contributed by atoms with Gasteiger partial charge < -0.3 is 4.42 Å². The highest BCUT2D eigenvalue weighted by molar-refractivity contribution is 5.68. The molecule has 0 aromatic carbocycles. The topological polar surface area (TPSA) is 13.1 Å². The maximum absolute atomic E-state index is 5.43. The molecule has 0 radical (unpaired) electrons. The fraction of sp³-hybridized carbons (Fsp3) is 0.500. The van der Waals surface area contributed by atoms with Gasteiger partial charge in [0.25, 0.3) is 0 Å². The lowest BCUT2D eigenvalue weighted by Gasteiger charge is -2.13. The highest BCUT2D eigenvalue weighted by atomic mass is 16.3. The summed E-state index contributed by atoms with van der Waals surface area (Å²) in [6.45, 7) is 2.22. The van der Waals surface area contributed by atoms with Crippen LogP contribution in [-0.4, -0.2) is 0 Å². The van der Waals surface area contributed by atoms with Gasteiger partial charge in [0.1, 0.15) is 5.76 Å². The third kappa shape index (κ3) is 1.69. The van der Waals surface area contributed by atoms with Crippen molar-refractivity contribution < 1.29 is 4.42 Å². The summed E-state index contributed by atoms with van der Waals surface area (Å²) in [4.78, 5) is 0. The minimum Gasteiger partial charge on any atom is -0.469 e. The molecule has 1 aliphatic carbocycles. The number of fused-ring (bicyclic) bond motifs is 1. The molecule has 1 aromatic heterocycles. The molecule has 0 amide bonds. The zero-order chi connectivity index (χ0) is 9.10. The van der Waals surface area contributed by atoms with Gasteiger partial charge in [0.05, 0.1) is 6.26 Å². The number of allylic oxidation sites excluding steroid dienone is 2. The molecule has 1 heterocycles. The van der Waals surface area contributed by atoms with Crippen molar-refractivity contribution in [1.82, 2.24) is 0 Å². The lowest BCUT2D eigenvalue weighted by molar-refractivity contribution is 0.496. The average Bonchev–Trinajstić information content (AvgIpc) is 2.62. The van der Waals surface area contributed by atoms with Crippen LogP contribution in [0.15, 0.2) is 22.8 Å². The van der Waals surface area contributed by atoms with Crippen molar-refractivity contribution in [2.24, 2.45) is 0 Å². The molecule has 0 N–H and O–H groups in total. The van der Waals surface area contributed by atoms with Gasteiger partial charge in [-0.05, 0) is 30.9 Å². The summed E-state index contributed by atoms with van der Waals surface area (Å²) in [7, 11) is 0. The number of aryl methyl sites for hydroxylation is 1. The Kier molecular flexibility index (Phi) is 2.53. The highest BCUT2D eigenvalue weighted by Gasteiger charge is 2.15. The van der Waals surface area contributed by atoms with E-state index in [0.29, 0.717) is 0 Å². The predicted molar refractivity (Wildman–Crippen MR) is 54.5 cm³/mol. The third-order valence-corrected chi connectivity index (χ3v) is 2.62. The van der Waals surface area contributed by atoms with E-state index < -0.39 is 0 Å². The quantitative estimate of drug-likeness (QED) is 0.668. The van der Waals surface area contributed by atoms with Crippen LogP contribution < -0.4 is 0 Å². The van der Waals surface area contributed by atoms with Crippen LogP contribution in [0.4, 0.5) is 0 Å². The molecule has 0 unspecified atom stereocenters. The fourth-order valence-corrected chi connectivity index (χ4v) is 1.92. The Morgan fingerprint density at radius 1 is 1.46 bits per heavy atom. The van der Waals surface area contributed by atoms with Gasteiger partial charge in [-0.15, -0.1) is 0 Å². The first-order chi connectivity index (χ1) is 6.42. The molecule has 1 aromatic rings. The van der Waals surface area contributed by atoms with Gasteiger partial charge in [-0.1, -0.05) is 19.4 Å². The molecule has 0 bridgehead atoms. The zero-order valence-corrected chi connectivity index (χ0v) is 8.18. The minimum atomic E-state index is 1.12. The van der Waals surface area contributed by atoms with E-state index in [0.717, 1.165) is 6.42 Å². The lowest BCUT2D eigenvalue weighted by atomic mass is 9.92. The predicted octanol–water partition coefficient (Wildman–Crippen LogP) is 3.80. The summed E-state index contributed by atoms with van der Waals surface area (Å²) in [6.07, 6.45) is 10.2. The first kappa shape index (κ1) is 8.61. The third-order valence-electron chi connectivity index (χ3n) is 2.62. The summed E-state index contributed by atoms with van der Waals surface area (Å²) in [6, 6.07) is 2.11. The number of hydrogen-bond acceptors (Lipinski definition) is 1. The van der Waals surface area contributed by atoms with Gasteiger partial charge in [0.2, 0.25) is 0 Å². The second kappa shape index (κ2) is 3.82. The van der Waals surface area contributed by atoms with Crippen molar-refractivity contribution in [3.8, 4) is 0 Å². The highest BCUT2D eigenvalue weighted by Crippen LogP contribution is 2.31. The van der Waals surface area contributed by atoms with Crippen molar-refractivity contribution >= 4 is 5.57 Å². The van der Waals surface area contributed by atoms with Crippen LogP contribution in [0.25, 0.3) is 5.57 Å². The first-order valence-electron chi connectivity index (χ1n) is 5.17. The second-order valence-corrected chi connectivity index (χ2v) is 3.63. The first-order valence-corrected chi connectivity index (χ1v) is 5.17. The molecule has 0 atom stereocenters. The molecule has 13 heavy (non-hydrogen) atoms. The Labute approximate surface area is 79.4 Å². The van der Waals surface area contributed by atoms with Crippen LogP contribution in [0.3, 0.4) is 0 Å². The van der Waals surface area contributed by atoms with E-state index in [-0.39, 0.29) is 0 Å². The Balaban J connectivity index is 2.25. The molecule has 70 valence electrons. The molecule has 1 heteroatoms. The molecule has 2 rings (SSSR count). The van der Waals surface area contributed by atoms with Crippen LogP contribution in [0.1, 0.15) is 43.9 Å². The van der Waals surface area contributed by atoms with Crippen molar-refractivity contribution in [1.29, 1.82) is 0 Å². The Bertz CT molecular complexity index is 307. The monoisotopic (exact) mass is 176 g/mol. The average molecular weight is 176 g/mol. The van der Waals surface area contributed by atoms with E-state index in [9.17, 15) is 0 Å². The normalized spacial score (nSPS) is 19.0. The summed E-state index contributed by atoms with van der Waals surface area (Å²) in [5.41, 5.74) is 2.86. The summed E-state index contributed by atoms with van der Waals surface area (Å²) in [5.74, 6) is 1.19. The zero-order valence-electron chi connectivity index (χ0n) is 8.18. The summed E-state index contributed by atoms with van der Waals surface area (Å²) < 4.78 is 5.43. The van der Waals surface area contributed by atoms with Crippen LogP contribution in [0.2, 0.25) is 0 Å². The SMILES string of the molecule is CCCC=C1CCCc2occc21. The standard InChI is InChI=1S/C12H16O/c1-2-3-5-10-6-4-7-12-11(10)8-9-13-12/h5,8-9H,2-4,6-7H2,1H3. The van der Waals surface area contributed by atoms with Crippen LogP contribution in [-0.2, 0) is 6.42 Å². The Hall–Kier alpha value is -0.980. The minimum absolute atomic E-state index is 1.12. The number of hydrogen-bond donors (Lipinski definition) is 0. The van der Waals surface area contributed by atoms with E-state index in [2.05, 4.69) is 19.1 Å². The van der Waals surface area contributed by atoms with Gasteiger partial charge in [-0.25, -0.2) is 0 Å².